The van der Waals surface area contributed by atoms with E-state index in [9.17, 15) is 14.4 Å². The Morgan fingerprint density at radius 2 is 1.90 bits per heavy atom. The van der Waals surface area contributed by atoms with Crippen molar-refractivity contribution in [2.75, 3.05) is 27.2 Å². The Kier molecular flexibility index (Phi) is 6.35. The van der Waals surface area contributed by atoms with E-state index in [2.05, 4.69) is 10.1 Å². The van der Waals surface area contributed by atoms with E-state index in [-0.39, 0.29) is 19.0 Å². The van der Waals surface area contributed by atoms with Crippen molar-refractivity contribution >= 4 is 17.8 Å². The highest BCUT2D eigenvalue weighted by molar-refractivity contribution is 5.96. The molecule has 2 N–H and O–H groups in total. The Balaban J connectivity index is 2.47. The van der Waals surface area contributed by atoms with Gasteiger partial charge >= 0.3 is 5.97 Å². The summed E-state index contributed by atoms with van der Waals surface area (Å²) in [5.41, 5.74) is 0.480. The molecule has 0 aliphatic heterocycles. The van der Waals surface area contributed by atoms with Crippen LogP contribution in [-0.4, -0.2) is 61.1 Å². The number of ether oxygens (including phenoxy) is 1. The fourth-order valence-electron chi connectivity index (χ4n) is 1.62. The number of nitrogens with one attached hydrogen (secondary N) is 1. The Morgan fingerprint density at radius 1 is 1.29 bits per heavy atom. The zero-order valence-corrected chi connectivity index (χ0v) is 11.9. The molecule has 0 saturated carbocycles. The van der Waals surface area contributed by atoms with Crippen LogP contribution in [0.4, 0.5) is 0 Å². The van der Waals surface area contributed by atoms with E-state index < -0.39 is 18.0 Å². The third kappa shape index (κ3) is 5.23. The maximum absolute atomic E-state index is 12.0. The summed E-state index contributed by atoms with van der Waals surface area (Å²) >= 11 is 0. The second-order valence-corrected chi connectivity index (χ2v) is 4.39. The van der Waals surface area contributed by atoms with Gasteiger partial charge in [-0.1, -0.05) is 18.2 Å². The molecule has 1 atom stereocenters. The minimum Gasteiger partial charge on any atom is -0.479 e. The number of aliphatic carboxylic acids is 1. The number of benzene rings is 1. The number of likely N-dealkylation sites (N-methyl/N-ethyl adjacent to an activating group) is 1. The molecule has 0 bridgehead atoms. The molecule has 1 aromatic carbocycles. The summed E-state index contributed by atoms with van der Waals surface area (Å²) in [6.45, 7) is -0.318. The van der Waals surface area contributed by atoms with Gasteiger partial charge in [0.15, 0.2) is 6.10 Å². The van der Waals surface area contributed by atoms with Crippen molar-refractivity contribution in [2.24, 2.45) is 0 Å². The van der Waals surface area contributed by atoms with Gasteiger partial charge in [0.2, 0.25) is 5.91 Å². The Bertz CT molecular complexity index is 503. The summed E-state index contributed by atoms with van der Waals surface area (Å²) in [5, 5.41) is 11.2. The van der Waals surface area contributed by atoms with Gasteiger partial charge in [0.1, 0.15) is 0 Å². The summed E-state index contributed by atoms with van der Waals surface area (Å²) < 4.78 is 4.69. The van der Waals surface area contributed by atoms with Crippen LogP contribution in [0.1, 0.15) is 10.4 Å². The number of carbonyl (C=O) groups is 3. The second kappa shape index (κ2) is 8.01. The van der Waals surface area contributed by atoms with E-state index in [4.69, 9.17) is 5.11 Å². The number of amides is 2. The first kappa shape index (κ1) is 16.6. The molecule has 7 heteroatoms. The third-order valence-electron chi connectivity index (χ3n) is 2.79. The number of carbonyl (C=O) groups excluding carboxylic acids is 2. The van der Waals surface area contributed by atoms with Crippen LogP contribution in [0, 0.1) is 0 Å². The molecule has 0 aliphatic rings. The van der Waals surface area contributed by atoms with Gasteiger partial charge in [0.05, 0.1) is 13.1 Å². The summed E-state index contributed by atoms with van der Waals surface area (Å²) in [6, 6.07) is 8.57. The van der Waals surface area contributed by atoms with Crippen molar-refractivity contribution in [1.29, 1.82) is 0 Å². The largest absolute Gasteiger partial charge is 0.479 e. The average molecular weight is 294 g/mol. The predicted octanol–water partition coefficient (Wildman–Crippen LogP) is -0.0256. The number of carboxylic acid groups (broad SMARTS) is 1. The predicted molar refractivity (Wildman–Crippen MR) is 74.8 cm³/mol. The van der Waals surface area contributed by atoms with Gasteiger partial charge in [-0.05, 0) is 12.1 Å². The zero-order chi connectivity index (χ0) is 15.8. The standard InChI is InChI=1S/C14H18N2O5/c1-16(13(18)10-6-4-3-5-7-10)9-12(17)15-8-11(21-2)14(19)20/h3-7,11H,8-9H2,1-2H3,(H,15,17)(H,19,20). The van der Waals surface area contributed by atoms with Gasteiger partial charge in [-0.25, -0.2) is 4.79 Å². The molecule has 1 aromatic rings. The first-order valence-electron chi connectivity index (χ1n) is 6.28. The number of carboxylic acids is 1. The van der Waals surface area contributed by atoms with Crippen LogP contribution in [0.3, 0.4) is 0 Å². The topological polar surface area (TPSA) is 95.9 Å². The summed E-state index contributed by atoms with van der Waals surface area (Å²) in [4.78, 5) is 35.7. The molecule has 0 heterocycles. The molecular weight excluding hydrogens is 276 g/mol. The molecule has 0 spiro atoms. The molecule has 114 valence electrons. The molecule has 1 unspecified atom stereocenters. The van der Waals surface area contributed by atoms with Crippen molar-refractivity contribution in [2.45, 2.75) is 6.10 Å². The lowest BCUT2D eigenvalue weighted by Crippen LogP contribution is -2.43. The van der Waals surface area contributed by atoms with Gasteiger partial charge in [0.25, 0.3) is 5.91 Å². The van der Waals surface area contributed by atoms with E-state index in [0.29, 0.717) is 5.56 Å². The van der Waals surface area contributed by atoms with Gasteiger partial charge in [-0.3, -0.25) is 9.59 Å². The zero-order valence-electron chi connectivity index (χ0n) is 11.9. The fourth-order valence-corrected chi connectivity index (χ4v) is 1.62. The number of hydrogen-bond donors (Lipinski definition) is 2. The van der Waals surface area contributed by atoms with Crippen molar-refractivity contribution in [3.8, 4) is 0 Å². The first-order valence-corrected chi connectivity index (χ1v) is 6.28. The number of hydrogen-bond acceptors (Lipinski definition) is 4. The van der Waals surface area contributed by atoms with E-state index >= 15 is 0 Å². The van der Waals surface area contributed by atoms with Crippen LogP contribution in [-0.2, 0) is 14.3 Å². The molecule has 7 nitrogen and oxygen atoms in total. The molecular formula is C14H18N2O5. The van der Waals surface area contributed by atoms with Crippen molar-refractivity contribution < 1.29 is 24.2 Å². The van der Waals surface area contributed by atoms with Crippen LogP contribution in [0.15, 0.2) is 30.3 Å². The summed E-state index contributed by atoms with van der Waals surface area (Å²) in [6.07, 6.45) is -1.11. The third-order valence-corrected chi connectivity index (χ3v) is 2.79. The van der Waals surface area contributed by atoms with Crippen LogP contribution < -0.4 is 5.32 Å². The van der Waals surface area contributed by atoms with Gasteiger partial charge in [0, 0.05) is 19.7 Å². The van der Waals surface area contributed by atoms with Gasteiger partial charge in [-0.2, -0.15) is 0 Å². The Hall–Kier alpha value is -2.41. The second-order valence-electron chi connectivity index (χ2n) is 4.39. The highest BCUT2D eigenvalue weighted by Crippen LogP contribution is 2.02. The minimum absolute atomic E-state index is 0.155. The summed E-state index contributed by atoms with van der Waals surface area (Å²) in [7, 11) is 2.75. The first-order chi connectivity index (χ1) is 9.95. The lowest BCUT2D eigenvalue weighted by atomic mass is 10.2. The maximum Gasteiger partial charge on any atom is 0.334 e. The highest BCUT2D eigenvalue weighted by Gasteiger charge is 2.19. The van der Waals surface area contributed by atoms with Crippen molar-refractivity contribution in [1.82, 2.24) is 10.2 Å². The van der Waals surface area contributed by atoms with Crippen LogP contribution in [0.25, 0.3) is 0 Å². The molecule has 2 amide bonds. The lowest BCUT2D eigenvalue weighted by molar-refractivity contribution is -0.148. The SMILES string of the molecule is COC(CNC(=O)CN(C)C(=O)c1ccccc1)C(=O)O. The smallest absolute Gasteiger partial charge is 0.334 e. The van der Waals surface area contributed by atoms with Gasteiger partial charge < -0.3 is 20.1 Å². The molecule has 0 saturated heterocycles. The van der Waals surface area contributed by atoms with Crippen molar-refractivity contribution in [3.05, 3.63) is 35.9 Å². The van der Waals surface area contributed by atoms with Gasteiger partial charge in [-0.15, -0.1) is 0 Å². The molecule has 0 fully saturated rings. The fraction of sp³-hybridized carbons (Fsp3) is 0.357. The molecule has 0 radical (unpaired) electrons. The maximum atomic E-state index is 12.0. The van der Waals surface area contributed by atoms with Crippen LogP contribution in [0.5, 0.6) is 0 Å². The van der Waals surface area contributed by atoms with E-state index in [1.165, 1.54) is 19.1 Å². The monoisotopic (exact) mass is 294 g/mol. The van der Waals surface area contributed by atoms with Crippen molar-refractivity contribution in [3.63, 3.8) is 0 Å². The van der Waals surface area contributed by atoms with E-state index in [1.807, 2.05) is 0 Å². The number of nitrogens with zero attached hydrogens (tertiary/aromatic N) is 1. The Labute approximate surface area is 122 Å². The summed E-state index contributed by atoms with van der Waals surface area (Å²) in [5.74, 6) is -1.90. The molecule has 1 rings (SSSR count). The quantitative estimate of drug-likeness (QED) is 0.736. The Morgan fingerprint density at radius 3 is 2.43 bits per heavy atom. The minimum atomic E-state index is -1.16. The highest BCUT2D eigenvalue weighted by atomic mass is 16.5. The number of rotatable bonds is 7. The van der Waals surface area contributed by atoms with E-state index in [1.54, 1.807) is 30.3 Å². The lowest BCUT2D eigenvalue weighted by Gasteiger charge is -2.18. The molecule has 0 aromatic heterocycles. The number of methoxy groups -OCH3 is 1. The van der Waals surface area contributed by atoms with E-state index in [0.717, 1.165) is 0 Å². The molecule has 21 heavy (non-hydrogen) atoms. The average Bonchev–Trinajstić information content (AvgIpc) is 2.47. The van der Waals surface area contributed by atoms with Crippen LogP contribution in [0.2, 0.25) is 0 Å². The van der Waals surface area contributed by atoms with Crippen LogP contribution >= 0.6 is 0 Å². The molecule has 0 aliphatic carbocycles. The normalized spacial score (nSPS) is 11.5.